The molecule has 1 aliphatic heterocycles. The molecular weight excluding hydrogens is 381 g/mol. The van der Waals surface area contributed by atoms with E-state index in [9.17, 15) is 13.2 Å². The first-order chi connectivity index (χ1) is 13.7. The molecule has 2 atom stereocenters. The van der Waals surface area contributed by atoms with Crippen LogP contribution in [0.25, 0.3) is 11.2 Å². The predicted octanol–water partition coefficient (Wildman–Crippen LogP) is 5.19. The second-order valence-corrected chi connectivity index (χ2v) is 7.73. The summed E-state index contributed by atoms with van der Waals surface area (Å²) in [6.07, 6.45) is -2.65. The molecule has 3 aromatic rings. The molecule has 0 radical (unpaired) electrons. The molecule has 0 bridgehead atoms. The third-order valence-electron chi connectivity index (χ3n) is 5.55. The summed E-state index contributed by atoms with van der Waals surface area (Å²) in [5, 5.41) is 0. The van der Waals surface area contributed by atoms with Gasteiger partial charge in [-0.1, -0.05) is 0 Å². The number of hydrogen-bond acceptors (Lipinski definition) is 5. The second kappa shape index (κ2) is 7.40. The van der Waals surface area contributed by atoms with Crippen LogP contribution in [0.1, 0.15) is 60.3 Å². The highest BCUT2D eigenvalue weighted by atomic mass is 19.4. The number of rotatable bonds is 3. The van der Waals surface area contributed by atoms with Crippen molar-refractivity contribution >= 4 is 11.2 Å². The third-order valence-corrected chi connectivity index (χ3v) is 5.55. The molecule has 154 valence electrons. The molecule has 0 aromatic carbocycles. The number of piperidine rings is 1. The molecule has 4 heterocycles. The van der Waals surface area contributed by atoms with Crippen LogP contribution in [-0.4, -0.2) is 32.9 Å². The van der Waals surface area contributed by atoms with Crippen LogP contribution in [0.5, 0.6) is 0 Å². The minimum atomic E-state index is -4.43. The van der Waals surface area contributed by atoms with Crippen molar-refractivity contribution in [2.75, 3.05) is 13.1 Å². The molecule has 29 heavy (non-hydrogen) atoms. The van der Waals surface area contributed by atoms with Gasteiger partial charge in [0.05, 0.1) is 5.69 Å². The number of pyridine rings is 2. The Hall–Kier alpha value is -2.48. The van der Waals surface area contributed by atoms with Crippen LogP contribution in [0.15, 0.2) is 28.7 Å². The minimum absolute atomic E-state index is 0.0317. The van der Waals surface area contributed by atoms with Crippen LogP contribution in [0, 0.1) is 13.8 Å². The van der Waals surface area contributed by atoms with Crippen LogP contribution in [-0.2, 0) is 6.18 Å². The van der Waals surface area contributed by atoms with Crippen LogP contribution in [0.3, 0.4) is 0 Å². The highest BCUT2D eigenvalue weighted by Crippen LogP contribution is 2.35. The van der Waals surface area contributed by atoms with Gasteiger partial charge in [-0.25, -0.2) is 9.97 Å². The zero-order valence-corrected chi connectivity index (χ0v) is 16.6. The van der Waals surface area contributed by atoms with Crippen LogP contribution in [0.2, 0.25) is 0 Å². The SMILES string of the molecule is Cc1cc(C2CCCN(C(C)c3ccc4oc(C)nc4n3)C2)cc(C(F)(F)F)n1. The fourth-order valence-corrected chi connectivity index (χ4v) is 4.07. The number of oxazole rings is 1. The number of nitrogens with zero attached hydrogens (tertiary/aromatic N) is 4. The van der Waals surface area contributed by atoms with Gasteiger partial charge in [-0.3, -0.25) is 4.90 Å². The molecule has 0 spiro atoms. The summed E-state index contributed by atoms with van der Waals surface area (Å²) < 4.78 is 45.0. The number of likely N-dealkylation sites (tertiary alicyclic amines) is 1. The Kier molecular flexibility index (Phi) is 5.06. The first-order valence-electron chi connectivity index (χ1n) is 9.74. The summed E-state index contributed by atoms with van der Waals surface area (Å²) in [6, 6.07) is 6.81. The summed E-state index contributed by atoms with van der Waals surface area (Å²) in [4.78, 5) is 14.9. The topological polar surface area (TPSA) is 55.1 Å². The van der Waals surface area contributed by atoms with Crippen molar-refractivity contribution in [2.45, 2.75) is 51.7 Å². The molecular formula is C21H23F3N4O. The van der Waals surface area contributed by atoms with Crippen molar-refractivity contribution in [1.29, 1.82) is 0 Å². The number of hydrogen-bond donors (Lipinski definition) is 0. The van der Waals surface area contributed by atoms with Crippen molar-refractivity contribution in [3.05, 3.63) is 52.8 Å². The van der Waals surface area contributed by atoms with Gasteiger partial charge in [-0.15, -0.1) is 0 Å². The summed E-state index contributed by atoms with van der Waals surface area (Å²) in [6.45, 7) is 7.03. The van der Waals surface area contributed by atoms with Gasteiger partial charge in [-0.2, -0.15) is 18.2 Å². The van der Waals surface area contributed by atoms with Crippen molar-refractivity contribution in [1.82, 2.24) is 19.9 Å². The standard InChI is InChI=1S/C21H23F3N4O/c1-12-9-16(10-19(25-12)21(22,23)24)15-5-4-8-28(11-15)13(2)17-6-7-18-20(27-17)26-14(3)29-18/h6-7,9-10,13,15H,4-5,8,11H2,1-3H3. The minimum Gasteiger partial charge on any atom is -0.439 e. The molecule has 8 heteroatoms. The smallest absolute Gasteiger partial charge is 0.433 e. The van der Waals surface area contributed by atoms with Gasteiger partial charge >= 0.3 is 6.18 Å². The van der Waals surface area contributed by atoms with E-state index >= 15 is 0 Å². The van der Waals surface area contributed by atoms with E-state index in [2.05, 4.69) is 26.8 Å². The highest BCUT2D eigenvalue weighted by molar-refractivity contribution is 5.67. The lowest BCUT2D eigenvalue weighted by Gasteiger charge is -2.37. The lowest BCUT2D eigenvalue weighted by molar-refractivity contribution is -0.141. The monoisotopic (exact) mass is 404 g/mol. The van der Waals surface area contributed by atoms with Gasteiger partial charge in [0.25, 0.3) is 0 Å². The van der Waals surface area contributed by atoms with Gasteiger partial charge in [-0.05, 0) is 69.0 Å². The summed E-state index contributed by atoms with van der Waals surface area (Å²) in [5.41, 5.74) is 2.41. The summed E-state index contributed by atoms with van der Waals surface area (Å²) in [7, 11) is 0. The van der Waals surface area contributed by atoms with E-state index in [0.717, 1.165) is 25.1 Å². The van der Waals surface area contributed by atoms with Crippen molar-refractivity contribution in [2.24, 2.45) is 0 Å². The molecule has 2 unspecified atom stereocenters. The van der Waals surface area contributed by atoms with Gasteiger partial charge in [0.1, 0.15) is 5.69 Å². The largest absolute Gasteiger partial charge is 0.439 e. The Labute approximate surface area is 167 Å². The first-order valence-corrected chi connectivity index (χ1v) is 9.74. The molecule has 0 saturated carbocycles. The maximum Gasteiger partial charge on any atom is 0.433 e. The Bertz CT molecular complexity index is 1030. The Morgan fingerprint density at radius 1 is 1.14 bits per heavy atom. The molecule has 1 saturated heterocycles. The van der Waals surface area contributed by atoms with E-state index in [0.29, 0.717) is 34.9 Å². The third kappa shape index (κ3) is 4.12. The van der Waals surface area contributed by atoms with E-state index in [-0.39, 0.29) is 12.0 Å². The van der Waals surface area contributed by atoms with Gasteiger partial charge < -0.3 is 4.42 Å². The number of alkyl halides is 3. The average molecular weight is 404 g/mol. The van der Waals surface area contributed by atoms with E-state index < -0.39 is 11.9 Å². The Morgan fingerprint density at radius 2 is 1.93 bits per heavy atom. The molecule has 0 amide bonds. The maximum atomic E-state index is 13.2. The second-order valence-electron chi connectivity index (χ2n) is 7.73. The van der Waals surface area contributed by atoms with E-state index in [1.807, 2.05) is 12.1 Å². The number of fused-ring (bicyclic) bond motifs is 1. The Balaban J connectivity index is 1.57. The predicted molar refractivity (Wildman–Crippen MR) is 102 cm³/mol. The molecule has 5 nitrogen and oxygen atoms in total. The summed E-state index contributed by atoms with van der Waals surface area (Å²) in [5.74, 6) is 0.607. The van der Waals surface area contributed by atoms with E-state index in [1.165, 1.54) is 6.07 Å². The highest BCUT2D eigenvalue weighted by Gasteiger charge is 2.34. The van der Waals surface area contributed by atoms with Crippen molar-refractivity contribution in [3.8, 4) is 0 Å². The fraction of sp³-hybridized carbons (Fsp3) is 0.476. The molecule has 1 fully saturated rings. The average Bonchev–Trinajstić information content (AvgIpc) is 3.05. The zero-order chi connectivity index (χ0) is 20.8. The molecule has 0 N–H and O–H groups in total. The fourth-order valence-electron chi connectivity index (χ4n) is 4.07. The maximum absolute atomic E-state index is 13.2. The van der Waals surface area contributed by atoms with Gasteiger partial charge in [0.2, 0.25) is 0 Å². The Morgan fingerprint density at radius 3 is 2.69 bits per heavy atom. The molecule has 4 rings (SSSR count). The number of aryl methyl sites for hydroxylation is 2. The van der Waals surface area contributed by atoms with Crippen LogP contribution in [0.4, 0.5) is 13.2 Å². The lowest BCUT2D eigenvalue weighted by atomic mass is 9.89. The van der Waals surface area contributed by atoms with Crippen molar-refractivity contribution in [3.63, 3.8) is 0 Å². The zero-order valence-electron chi connectivity index (χ0n) is 16.6. The quantitative estimate of drug-likeness (QED) is 0.601. The molecule has 3 aromatic heterocycles. The molecule has 0 aliphatic carbocycles. The van der Waals surface area contributed by atoms with Gasteiger partial charge in [0, 0.05) is 25.2 Å². The van der Waals surface area contributed by atoms with E-state index in [4.69, 9.17) is 4.42 Å². The number of aromatic nitrogens is 3. The normalized spacial score (nSPS) is 19.6. The van der Waals surface area contributed by atoms with Crippen LogP contribution >= 0.6 is 0 Å². The van der Waals surface area contributed by atoms with Crippen molar-refractivity contribution < 1.29 is 17.6 Å². The number of halogens is 3. The lowest BCUT2D eigenvalue weighted by Crippen LogP contribution is -2.36. The summed E-state index contributed by atoms with van der Waals surface area (Å²) >= 11 is 0. The van der Waals surface area contributed by atoms with E-state index in [1.54, 1.807) is 19.9 Å². The molecule has 1 aliphatic rings. The van der Waals surface area contributed by atoms with Gasteiger partial charge in [0.15, 0.2) is 17.1 Å². The first kappa shape index (κ1) is 19.8. The van der Waals surface area contributed by atoms with Crippen LogP contribution < -0.4 is 0 Å².